The van der Waals surface area contributed by atoms with E-state index in [1.807, 2.05) is 25.1 Å². The standard InChI is InChI=1S/C16H11N5O3S/c1-10-13(8-9-24-10)15-17-18-16-20(15)19-14(25-16)7-4-11-2-5-12(6-3-11)21(22)23/h2-9H,1H3/b7-4+. The van der Waals surface area contributed by atoms with E-state index in [-0.39, 0.29) is 5.69 Å². The summed E-state index contributed by atoms with van der Waals surface area (Å²) in [4.78, 5) is 10.9. The Morgan fingerprint density at radius 2 is 2.00 bits per heavy atom. The number of hydrogen-bond acceptors (Lipinski definition) is 7. The van der Waals surface area contributed by atoms with Crippen LogP contribution < -0.4 is 0 Å². The summed E-state index contributed by atoms with van der Waals surface area (Å²) in [6.07, 6.45) is 5.29. The van der Waals surface area contributed by atoms with E-state index in [4.69, 9.17) is 4.42 Å². The Hall–Kier alpha value is -3.33. The number of fused-ring (bicyclic) bond motifs is 1. The van der Waals surface area contributed by atoms with Gasteiger partial charge in [-0.3, -0.25) is 10.1 Å². The third-order valence-electron chi connectivity index (χ3n) is 3.63. The molecular weight excluding hydrogens is 342 g/mol. The first-order valence-electron chi connectivity index (χ1n) is 7.31. The van der Waals surface area contributed by atoms with E-state index in [1.54, 1.807) is 22.9 Å². The highest BCUT2D eigenvalue weighted by Gasteiger charge is 2.15. The van der Waals surface area contributed by atoms with E-state index in [0.29, 0.717) is 10.8 Å². The van der Waals surface area contributed by atoms with Crippen LogP contribution in [0.4, 0.5) is 5.69 Å². The molecule has 4 aromatic rings. The van der Waals surface area contributed by atoms with Crippen molar-refractivity contribution in [2.75, 3.05) is 0 Å². The van der Waals surface area contributed by atoms with Crippen LogP contribution in [0, 0.1) is 17.0 Å². The zero-order chi connectivity index (χ0) is 17.4. The van der Waals surface area contributed by atoms with Gasteiger partial charge in [0.05, 0.1) is 16.7 Å². The summed E-state index contributed by atoms with van der Waals surface area (Å²) in [6, 6.07) is 8.15. The molecule has 0 aliphatic heterocycles. The van der Waals surface area contributed by atoms with Crippen molar-refractivity contribution in [3.8, 4) is 11.4 Å². The molecule has 124 valence electrons. The van der Waals surface area contributed by atoms with Gasteiger partial charge in [0, 0.05) is 12.1 Å². The molecule has 0 bridgehead atoms. The Morgan fingerprint density at radius 3 is 2.68 bits per heavy atom. The summed E-state index contributed by atoms with van der Waals surface area (Å²) in [7, 11) is 0. The van der Waals surface area contributed by atoms with Crippen LogP contribution in [-0.2, 0) is 0 Å². The van der Waals surface area contributed by atoms with Crippen molar-refractivity contribution < 1.29 is 9.34 Å². The van der Waals surface area contributed by atoms with E-state index in [1.165, 1.54) is 23.5 Å². The zero-order valence-corrected chi connectivity index (χ0v) is 13.8. The van der Waals surface area contributed by atoms with Gasteiger partial charge in [-0.15, -0.1) is 10.2 Å². The van der Waals surface area contributed by atoms with Crippen molar-refractivity contribution in [1.82, 2.24) is 19.8 Å². The Morgan fingerprint density at radius 1 is 1.20 bits per heavy atom. The monoisotopic (exact) mass is 353 g/mol. The van der Waals surface area contributed by atoms with Gasteiger partial charge in [0.15, 0.2) is 5.82 Å². The number of nitro benzene ring substituents is 1. The van der Waals surface area contributed by atoms with Gasteiger partial charge in [0.2, 0.25) is 4.96 Å². The third-order valence-corrected chi connectivity index (χ3v) is 4.49. The number of aromatic nitrogens is 4. The zero-order valence-electron chi connectivity index (χ0n) is 13.0. The van der Waals surface area contributed by atoms with Crippen LogP contribution in [0.2, 0.25) is 0 Å². The lowest BCUT2D eigenvalue weighted by atomic mass is 10.2. The highest BCUT2D eigenvalue weighted by molar-refractivity contribution is 7.17. The summed E-state index contributed by atoms with van der Waals surface area (Å²) in [5, 5.41) is 24.2. The van der Waals surface area contributed by atoms with Crippen LogP contribution in [0.25, 0.3) is 28.5 Å². The van der Waals surface area contributed by atoms with Crippen LogP contribution in [0.5, 0.6) is 0 Å². The lowest BCUT2D eigenvalue weighted by Gasteiger charge is -1.93. The molecule has 0 saturated heterocycles. The lowest BCUT2D eigenvalue weighted by Crippen LogP contribution is -1.90. The SMILES string of the molecule is Cc1occc1-c1nnc2sc(/C=C/c3ccc([N+](=O)[O-])cc3)nn12. The van der Waals surface area contributed by atoms with Crippen molar-refractivity contribution in [3.63, 3.8) is 0 Å². The number of aryl methyl sites for hydroxylation is 1. The Kier molecular flexibility index (Phi) is 3.62. The molecule has 0 radical (unpaired) electrons. The quantitative estimate of drug-likeness (QED) is 0.408. The van der Waals surface area contributed by atoms with Crippen molar-refractivity contribution in [2.45, 2.75) is 6.92 Å². The van der Waals surface area contributed by atoms with Gasteiger partial charge in [0.25, 0.3) is 5.69 Å². The molecule has 4 rings (SSSR count). The first kappa shape index (κ1) is 15.2. The number of rotatable bonds is 4. The first-order chi connectivity index (χ1) is 12.1. The van der Waals surface area contributed by atoms with Crippen molar-refractivity contribution >= 4 is 34.1 Å². The summed E-state index contributed by atoms with van der Waals surface area (Å²) in [5.74, 6) is 1.39. The van der Waals surface area contributed by atoms with Crippen LogP contribution in [-0.4, -0.2) is 24.7 Å². The molecule has 0 fully saturated rings. The van der Waals surface area contributed by atoms with E-state index in [2.05, 4.69) is 15.3 Å². The number of nitro groups is 1. The molecule has 0 aliphatic rings. The number of nitrogens with zero attached hydrogens (tertiary/aromatic N) is 5. The largest absolute Gasteiger partial charge is 0.469 e. The number of hydrogen-bond donors (Lipinski definition) is 0. The van der Waals surface area contributed by atoms with Gasteiger partial charge < -0.3 is 4.42 Å². The first-order valence-corrected chi connectivity index (χ1v) is 8.13. The number of non-ortho nitro benzene ring substituents is 1. The number of furan rings is 1. The van der Waals surface area contributed by atoms with Crippen LogP contribution >= 0.6 is 11.3 Å². The molecule has 0 unspecified atom stereocenters. The highest BCUT2D eigenvalue weighted by Crippen LogP contribution is 2.25. The van der Waals surface area contributed by atoms with Gasteiger partial charge in [-0.1, -0.05) is 17.4 Å². The predicted molar refractivity (Wildman–Crippen MR) is 93.1 cm³/mol. The van der Waals surface area contributed by atoms with E-state index >= 15 is 0 Å². The Labute approximate surface area is 145 Å². The summed E-state index contributed by atoms with van der Waals surface area (Å²) < 4.78 is 6.99. The van der Waals surface area contributed by atoms with Crippen molar-refractivity contribution in [1.29, 1.82) is 0 Å². The molecule has 0 aliphatic carbocycles. The summed E-state index contributed by atoms with van der Waals surface area (Å²) >= 11 is 1.40. The molecule has 8 nitrogen and oxygen atoms in total. The average Bonchev–Trinajstić information content (AvgIpc) is 3.29. The maximum Gasteiger partial charge on any atom is 0.269 e. The predicted octanol–water partition coefficient (Wildman–Crippen LogP) is 3.83. The molecular formula is C16H11N5O3S. The van der Waals surface area contributed by atoms with Crippen molar-refractivity contribution in [2.24, 2.45) is 0 Å². The highest BCUT2D eigenvalue weighted by atomic mass is 32.1. The third kappa shape index (κ3) is 2.81. The molecule has 0 amide bonds. The van der Waals surface area contributed by atoms with Crippen LogP contribution in [0.15, 0.2) is 41.0 Å². The van der Waals surface area contributed by atoms with E-state index in [0.717, 1.165) is 21.9 Å². The Bertz CT molecular complexity index is 1090. The molecule has 25 heavy (non-hydrogen) atoms. The van der Waals surface area contributed by atoms with E-state index < -0.39 is 4.92 Å². The molecule has 9 heteroatoms. The van der Waals surface area contributed by atoms with Crippen molar-refractivity contribution in [3.05, 3.63) is 63.0 Å². The molecule has 1 aromatic carbocycles. The smallest absolute Gasteiger partial charge is 0.269 e. The Balaban J connectivity index is 1.63. The van der Waals surface area contributed by atoms with Crippen LogP contribution in [0.3, 0.4) is 0 Å². The lowest BCUT2D eigenvalue weighted by molar-refractivity contribution is -0.384. The molecule has 3 aromatic heterocycles. The van der Waals surface area contributed by atoms with Gasteiger partial charge in [-0.2, -0.15) is 9.61 Å². The second-order valence-electron chi connectivity index (χ2n) is 5.23. The topological polar surface area (TPSA) is 99.4 Å². The second kappa shape index (κ2) is 5.95. The fourth-order valence-corrected chi connectivity index (χ4v) is 3.10. The summed E-state index contributed by atoms with van der Waals surface area (Å²) in [5.41, 5.74) is 1.77. The molecule has 0 atom stereocenters. The maximum absolute atomic E-state index is 10.7. The average molecular weight is 353 g/mol. The maximum atomic E-state index is 10.7. The summed E-state index contributed by atoms with van der Waals surface area (Å²) in [6.45, 7) is 1.86. The van der Waals surface area contributed by atoms with E-state index in [9.17, 15) is 10.1 Å². The number of benzene rings is 1. The minimum atomic E-state index is -0.421. The van der Waals surface area contributed by atoms with Gasteiger partial charge in [-0.05, 0) is 36.8 Å². The fourth-order valence-electron chi connectivity index (χ4n) is 2.36. The fraction of sp³-hybridized carbons (Fsp3) is 0.0625. The van der Waals surface area contributed by atoms with Gasteiger partial charge >= 0.3 is 0 Å². The van der Waals surface area contributed by atoms with Crippen LogP contribution in [0.1, 0.15) is 16.3 Å². The minimum absolute atomic E-state index is 0.0658. The molecule has 3 heterocycles. The van der Waals surface area contributed by atoms with Gasteiger partial charge in [-0.25, -0.2) is 0 Å². The second-order valence-corrected chi connectivity index (χ2v) is 6.22. The van der Waals surface area contributed by atoms with Gasteiger partial charge in [0.1, 0.15) is 10.8 Å². The minimum Gasteiger partial charge on any atom is -0.469 e. The molecule has 0 saturated carbocycles. The molecule has 0 spiro atoms. The normalized spacial score (nSPS) is 11.6. The molecule has 0 N–H and O–H groups in total.